The first kappa shape index (κ1) is 12.9. The molecule has 0 fully saturated rings. The van der Waals surface area contributed by atoms with Gasteiger partial charge in [0.1, 0.15) is 0 Å². The fourth-order valence-corrected chi connectivity index (χ4v) is 2.74. The molecular formula is C20H20. The molecule has 0 spiro atoms. The fourth-order valence-electron chi connectivity index (χ4n) is 2.74. The average molecular weight is 260 g/mol. The molecule has 0 amide bonds. The monoisotopic (exact) mass is 260 g/mol. The molecule has 0 unspecified atom stereocenters. The SMILES string of the molecule is C1=CCC(C2=CC=CC2)=C1.C1=CCC(C2=CC=CC2)=C1. The lowest BCUT2D eigenvalue weighted by Gasteiger charge is -1.99. The van der Waals surface area contributed by atoms with Gasteiger partial charge in [0.05, 0.1) is 0 Å². The summed E-state index contributed by atoms with van der Waals surface area (Å²) in [6, 6.07) is 0. The first-order chi connectivity index (χ1) is 9.93. The van der Waals surface area contributed by atoms with Gasteiger partial charge in [0.15, 0.2) is 0 Å². The van der Waals surface area contributed by atoms with Gasteiger partial charge in [-0.1, -0.05) is 72.9 Å². The van der Waals surface area contributed by atoms with E-state index in [9.17, 15) is 0 Å². The van der Waals surface area contributed by atoms with Crippen molar-refractivity contribution in [3.63, 3.8) is 0 Å². The molecule has 0 nitrogen and oxygen atoms in total. The topological polar surface area (TPSA) is 0 Å². The molecule has 0 saturated heterocycles. The lowest BCUT2D eigenvalue weighted by atomic mass is 10.1. The Hall–Kier alpha value is -2.08. The normalized spacial score (nSPS) is 21.6. The largest absolute Gasteiger partial charge is 0.0801 e. The molecule has 0 aromatic heterocycles. The molecule has 4 aliphatic rings. The smallest absolute Gasteiger partial charge is 0.00915 e. The maximum Gasteiger partial charge on any atom is -0.00915 e. The van der Waals surface area contributed by atoms with Gasteiger partial charge in [-0.3, -0.25) is 0 Å². The van der Waals surface area contributed by atoms with Crippen LogP contribution in [0.5, 0.6) is 0 Å². The Labute approximate surface area is 121 Å². The van der Waals surface area contributed by atoms with Crippen molar-refractivity contribution in [2.45, 2.75) is 25.7 Å². The van der Waals surface area contributed by atoms with Gasteiger partial charge in [-0.25, -0.2) is 0 Å². The Bertz CT molecular complexity index is 498. The summed E-state index contributed by atoms with van der Waals surface area (Å²) in [4.78, 5) is 0. The molecule has 0 aromatic rings. The highest BCUT2D eigenvalue weighted by Gasteiger charge is 2.06. The van der Waals surface area contributed by atoms with Crippen LogP contribution < -0.4 is 0 Å². The van der Waals surface area contributed by atoms with Crippen LogP contribution in [0.15, 0.2) is 95.2 Å². The molecule has 0 saturated carbocycles. The van der Waals surface area contributed by atoms with Gasteiger partial charge in [-0.05, 0) is 48.0 Å². The summed E-state index contributed by atoms with van der Waals surface area (Å²) in [5, 5.41) is 0. The molecule has 4 aliphatic carbocycles. The second-order valence-corrected chi connectivity index (χ2v) is 5.30. The minimum Gasteiger partial charge on any atom is -0.0801 e. The van der Waals surface area contributed by atoms with Gasteiger partial charge in [-0.2, -0.15) is 0 Å². The van der Waals surface area contributed by atoms with Crippen molar-refractivity contribution in [1.29, 1.82) is 0 Å². The summed E-state index contributed by atoms with van der Waals surface area (Å²) >= 11 is 0. The molecule has 0 N–H and O–H groups in total. The quantitative estimate of drug-likeness (QED) is 0.613. The molecule has 20 heavy (non-hydrogen) atoms. The second kappa shape index (κ2) is 6.38. The third-order valence-corrected chi connectivity index (χ3v) is 3.91. The van der Waals surface area contributed by atoms with Crippen LogP contribution in [0, 0.1) is 0 Å². The van der Waals surface area contributed by atoms with Crippen molar-refractivity contribution < 1.29 is 0 Å². The molecule has 0 heteroatoms. The molecule has 0 bridgehead atoms. The number of hydrogen-bond acceptors (Lipinski definition) is 0. The van der Waals surface area contributed by atoms with E-state index in [0.717, 1.165) is 25.7 Å². The van der Waals surface area contributed by atoms with Crippen LogP contribution in [-0.2, 0) is 0 Å². The van der Waals surface area contributed by atoms with Gasteiger partial charge in [-0.15, -0.1) is 0 Å². The minimum atomic E-state index is 1.13. The molecule has 0 heterocycles. The van der Waals surface area contributed by atoms with E-state index in [2.05, 4.69) is 72.9 Å². The summed E-state index contributed by atoms with van der Waals surface area (Å²) in [7, 11) is 0. The summed E-state index contributed by atoms with van der Waals surface area (Å²) in [6.07, 6.45) is 30.7. The van der Waals surface area contributed by atoms with Crippen LogP contribution in [0.1, 0.15) is 25.7 Å². The third kappa shape index (κ3) is 3.08. The van der Waals surface area contributed by atoms with Crippen molar-refractivity contribution in [3.8, 4) is 0 Å². The highest BCUT2D eigenvalue weighted by molar-refractivity contribution is 5.45. The van der Waals surface area contributed by atoms with E-state index in [1.54, 1.807) is 0 Å². The van der Waals surface area contributed by atoms with Gasteiger partial charge < -0.3 is 0 Å². The van der Waals surface area contributed by atoms with Gasteiger partial charge >= 0.3 is 0 Å². The summed E-state index contributed by atoms with van der Waals surface area (Å²) < 4.78 is 0. The van der Waals surface area contributed by atoms with E-state index in [1.807, 2.05) is 0 Å². The van der Waals surface area contributed by atoms with Crippen LogP contribution >= 0.6 is 0 Å². The lowest BCUT2D eigenvalue weighted by Crippen LogP contribution is -1.80. The first-order valence-electron chi connectivity index (χ1n) is 7.37. The molecule has 100 valence electrons. The molecule has 0 aliphatic heterocycles. The van der Waals surface area contributed by atoms with Gasteiger partial charge in [0.2, 0.25) is 0 Å². The minimum absolute atomic E-state index is 1.13. The molecule has 4 rings (SSSR count). The number of hydrogen-bond donors (Lipinski definition) is 0. The Morgan fingerprint density at radius 1 is 0.400 bits per heavy atom. The van der Waals surface area contributed by atoms with Crippen LogP contribution in [0.4, 0.5) is 0 Å². The zero-order valence-electron chi connectivity index (χ0n) is 11.8. The zero-order valence-corrected chi connectivity index (χ0v) is 11.8. The third-order valence-electron chi connectivity index (χ3n) is 3.91. The van der Waals surface area contributed by atoms with E-state index < -0.39 is 0 Å². The van der Waals surface area contributed by atoms with Gasteiger partial charge in [0, 0.05) is 0 Å². The van der Waals surface area contributed by atoms with Gasteiger partial charge in [0.25, 0.3) is 0 Å². The Morgan fingerprint density at radius 2 is 0.650 bits per heavy atom. The molecule has 0 aromatic carbocycles. The van der Waals surface area contributed by atoms with Crippen LogP contribution in [0.25, 0.3) is 0 Å². The summed E-state index contributed by atoms with van der Waals surface area (Å²) in [5.41, 5.74) is 5.96. The second-order valence-electron chi connectivity index (χ2n) is 5.30. The predicted octanol–water partition coefficient (Wildman–Crippen LogP) is 5.52. The van der Waals surface area contributed by atoms with E-state index in [0.29, 0.717) is 0 Å². The Kier molecular flexibility index (Phi) is 4.13. The highest BCUT2D eigenvalue weighted by Crippen LogP contribution is 2.26. The summed E-state index contributed by atoms with van der Waals surface area (Å²) in [6.45, 7) is 0. The zero-order chi connectivity index (χ0) is 13.6. The standard InChI is InChI=1S/2C10H10/c2*1-2-6-9(5-1)10-7-3-4-8-10/h2*1-5,7H,6,8H2. The van der Waals surface area contributed by atoms with E-state index >= 15 is 0 Å². The predicted molar refractivity (Wildman–Crippen MR) is 87.4 cm³/mol. The van der Waals surface area contributed by atoms with Crippen molar-refractivity contribution in [1.82, 2.24) is 0 Å². The van der Waals surface area contributed by atoms with Crippen molar-refractivity contribution >= 4 is 0 Å². The van der Waals surface area contributed by atoms with Crippen molar-refractivity contribution in [2.75, 3.05) is 0 Å². The maximum atomic E-state index is 2.21. The lowest BCUT2D eigenvalue weighted by molar-refractivity contribution is 1.18. The molecular weight excluding hydrogens is 240 g/mol. The fraction of sp³-hybridized carbons (Fsp3) is 0.200. The van der Waals surface area contributed by atoms with E-state index in [4.69, 9.17) is 0 Å². The maximum absolute atomic E-state index is 2.21. The van der Waals surface area contributed by atoms with E-state index in [1.165, 1.54) is 22.3 Å². The highest BCUT2D eigenvalue weighted by atomic mass is 14.1. The van der Waals surface area contributed by atoms with E-state index in [-0.39, 0.29) is 0 Å². The average Bonchev–Trinajstić information content (AvgIpc) is 3.29. The Morgan fingerprint density at radius 3 is 0.800 bits per heavy atom. The number of allylic oxidation sites excluding steroid dienone is 16. The van der Waals surface area contributed by atoms with Crippen LogP contribution in [-0.4, -0.2) is 0 Å². The first-order valence-corrected chi connectivity index (χ1v) is 7.37. The molecule has 0 atom stereocenters. The van der Waals surface area contributed by atoms with Crippen LogP contribution in [0.2, 0.25) is 0 Å². The molecule has 0 radical (unpaired) electrons. The Balaban J connectivity index is 0.000000121. The number of rotatable bonds is 2. The summed E-state index contributed by atoms with van der Waals surface area (Å²) in [5.74, 6) is 0. The van der Waals surface area contributed by atoms with Crippen molar-refractivity contribution in [3.05, 3.63) is 95.2 Å². The van der Waals surface area contributed by atoms with Crippen LogP contribution in [0.3, 0.4) is 0 Å². The van der Waals surface area contributed by atoms with Crippen molar-refractivity contribution in [2.24, 2.45) is 0 Å².